The number of benzene rings is 2. The van der Waals surface area contributed by atoms with Gasteiger partial charge < -0.3 is 10.6 Å². The van der Waals surface area contributed by atoms with Crippen molar-refractivity contribution in [2.75, 3.05) is 13.1 Å². The second-order valence-corrected chi connectivity index (χ2v) is 9.48. The Bertz CT molecular complexity index is 968. The van der Waals surface area contributed by atoms with Crippen molar-refractivity contribution in [3.05, 3.63) is 65.7 Å². The van der Waals surface area contributed by atoms with Gasteiger partial charge in [0.25, 0.3) is 5.91 Å². The number of sulfonamides is 1. The van der Waals surface area contributed by atoms with E-state index in [1.54, 1.807) is 12.1 Å². The molecule has 0 radical (unpaired) electrons. The van der Waals surface area contributed by atoms with Crippen LogP contribution >= 0.6 is 12.4 Å². The van der Waals surface area contributed by atoms with Crippen LogP contribution in [0.3, 0.4) is 0 Å². The zero-order valence-corrected chi connectivity index (χ0v) is 17.7. The summed E-state index contributed by atoms with van der Waals surface area (Å²) in [5, 5.41) is 0. The van der Waals surface area contributed by atoms with E-state index in [4.69, 9.17) is 5.73 Å². The number of carbonyl (C=O) groups excluding carboxylic acids is 1. The van der Waals surface area contributed by atoms with E-state index >= 15 is 0 Å². The standard InChI is InChI=1S/C21H25N3O3S.ClH/c22-20-10-9-17-13-24(14-19(17)20)21(25)16-7-4-8-18(11-16)28(26,27)23-12-15-5-2-1-3-6-15;/h1-8,11,17,19-20,23H,9-10,12-14,22H2;1H. The van der Waals surface area contributed by atoms with E-state index in [1.807, 2.05) is 35.2 Å². The normalized spacial score (nSPS) is 23.5. The number of amides is 1. The summed E-state index contributed by atoms with van der Waals surface area (Å²) in [5.41, 5.74) is 7.43. The zero-order valence-electron chi connectivity index (χ0n) is 16.0. The van der Waals surface area contributed by atoms with E-state index in [1.165, 1.54) is 12.1 Å². The van der Waals surface area contributed by atoms with Gasteiger partial charge in [-0.3, -0.25) is 4.79 Å². The predicted molar refractivity (Wildman–Crippen MR) is 114 cm³/mol. The Morgan fingerprint density at radius 1 is 1.07 bits per heavy atom. The fourth-order valence-corrected chi connectivity index (χ4v) is 5.37. The van der Waals surface area contributed by atoms with E-state index in [9.17, 15) is 13.2 Å². The minimum absolute atomic E-state index is 0. The minimum atomic E-state index is -3.70. The van der Waals surface area contributed by atoms with Crippen molar-refractivity contribution < 1.29 is 13.2 Å². The van der Waals surface area contributed by atoms with Crippen LogP contribution in [0.2, 0.25) is 0 Å². The average Bonchev–Trinajstić information content (AvgIpc) is 3.29. The first-order chi connectivity index (χ1) is 13.4. The Morgan fingerprint density at radius 2 is 1.83 bits per heavy atom. The lowest BCUT2D eigenvalue weighted by molar-refractivity contribution is 0.0779. The molecule has 6 nitrogen and oxygen atoms in total. The number of carbonyl (C=O) groups is 1. The highest BCUT2D eigenvalue weighted by molar-refractivity contribution is 7.89. The molecule has 3 N–H and O–H groups in total. The lowest BCUT2D eigenvalue weighted by Gasteiger charge is -2.19. The molecule has 1 saturated carbocycles. The molecule has 1 aliphatic heterocycles. The first kappa shape index (κ1) is 21.8. The Kier molecular flexibility index (Phi) is 6.63. The van der Waals surface area contributed by atoms with Crippen molar-refractivity contribution in [2.24, 2.45) is 17.6 Å². The lowest BCUT2D eigenvalue weighted by Crippen LogP contribution is -2.33. The second-order valence-electron chi connectivity index (χ2n) is 7.71. The molecule has 156 valence electrons. The Hall–Kier alpha value is -1.93. The molecule has 2 aromatic carbocycles. The van der Waals surface area contributed by atoms with Crippen molar-refractivity contribution in [1.29, 1.82) is 0 Å². The Morgan fingerprint density at radius 3 is 2.55 bits per heavy atom. The van der Waals surface area contributed by atoms with E-state index in [0.717, 1.165) is 18.4 Å². The molecule has 0 aromatic heterocycles. The summed E-state index contributed by atoms with van der Waals surface area (Å²) in [6, 6.07) is 15.8. The predicted octanol–water partition coefficient (Wildman–Crippen LogP) is 2.40. The number of nitrogens with zero attached hydrogens (tertiary/aromatic N) is 1. The van der Waals surface area contributed by atoms with Gasteiger partial charge in [0.1, 0.15) is 0 Å². The number of nitrogens with one attached hydrogen (secondary N) is 1. The SMILES string of the molecule is Cl.NC1CCC2CN(C(=O)c3cccc(S(=O)(=O)NCc4ccccc4)c3)CC12. The van der Waals surface area contributed by atoms with Crippen LogP contribution in [0.4, 0.5) is 0 Å². The summed E-state index contributed by atoms with van der Waals surface area (Å²) in [5.74, 6) is 0.712. The molecular weight excluding hydrogens is 410 g/mol. The van der Waals surface area contributed by atoms with Gasteiger partial charge in [-0.25, -0.2) is 13.1 Å². The molecule has 4 rings (SSSR count). The molecule has 1 saturated heterocycles. The van der Waals surface area contributed by atoms with E-state index in [0.29, 0.717) is 30.5 Å². The molecule has 0 spiro atoms. The Balaban J connectivity index is 0.00000240. The maximum atomic E-state index is 12.9. The summed E-state index contributed by atoms with van der Waals surface area (Å²) in [7, 11) is -3.70. The average molecular weight is 436 g/mol. The number of hydrogen-bond acceptors (Lipinski definition) is 4. The molecule has 1 amide bonds. The van der Waals surface area contributed by atoms with Crippen LogP contribution in [0.5, 0.6) is 0 Å². The maximum Gasteiger partial charge on any atom is 0.253 e. The number of fused-ring (bicyclic) bond motifs is 1. The molecule has 3 unspecified atom stereocenters. The quantitative estimate of drug-likeness (QED) is 0.754. The minimum Gasteiger partial charge on any atom is -0.338 e. The van der Waals surface area contributed by atoms with Crippen LogP contribution in [-0.2, 0) is 16.6 Å². The maximum absolute atomic E-state index is 12.9. The van der Waals surface area contributed by atoms with Crippen LogP contribution in [0.25, 0.3) is 0 Å². The second kappa shape index (κ2) is 8.83. The van der Waals surface area contributed by atoms with Crippen LogP contribution in [0.15, 0.2) is 59.5 Å². The number of nitrogens with two attached hydrogens (primary N) is 1. The summed E-state index contributed by atoms with van der Waals surface area (Å²) in [6.07, 6.45) is 2.09. The smallest absolute Gasteiger partial charge is 0.253 e. The molecule has 2 aliphatic rings. The Labute approximate surface area is 177 Å². The summed E-state index contributed by atoms with van der Waals surface area (Å²) < 4.78 is 27.9. The van der Waals surface area contributed by atoms with Crippen molar-refractivity contribution in [2.45, 2.75) is 30.3 Å². The zero-order chi connectivity index (χ0) is 19.7. The van der Waals surface area contributed by atoms with Gasteiger partial charge in [0.05, 0.1) is 4.90 Å². The van der Waals surface area contributed by atoms with Crippen molar-refractivity contribution in [3.8, 4) is 0 Å². The van der Waals surface area contributed by atoms with Crippen LogP contribution in [-0.4, -0.2) is 38.4 Å². The first-order valence-electron chi connectivity index (χ1n) is 9.62. The van der Waals surface area contributed by atoms with Crippen molar-refractivity contribution in [1.82, 2.24) is 9.62 Å². The van der Waals surface area contributed by atoms with Crippen molar-refractivity contribution >= 4 is 28.3 Å². The van der Waals surface area contributed by atoms with Crippen LogP contribution in [0, 0.1) is 11.8 Å². The lowest BCUT2D eigenvalue weighted by atomic mass is 9.98. The van der Waals surface area contributed by atoms with E-state index < -0.39 is 10.0 Å². The third-order valence-electron chi connectivity index (χ3n) is 5.90. The molecule has 3 atom stereocenters. The van der Waals surface area contributed by atoms with Gasteiger partial charge in [-0.2, -0.15) is 0 Å². The first-order valence-corrected chi connectivity index (χ1v) is 11.1. The molecular formula is C21H26ClN3O3S. The third-order valence-corrected chi connectivity index (χ3v) is 7.30. The molecule has 1 aliphatic carbocycles. The van der Waals surface area contributed by atoms with Crippen LogP contribution < -0.4 is 10.5 Å². The van der Waals surface area contributed by atoms with Gasteiger partial charge in [0.2, 0.25) is 10.0 Å². The van der Waals surface area contributed by atoms with E-state index in [-0.39, 0.29) is 35.8 Å². The number of halogens is 1. The van der Waals surface area contributed by atoms with Gasteiger partial charge in [0, 0.05) is 31.2 Å². The fourth-order valence-electron chi connectivity index (χ4n) is 4.31. The highest BCUT2D eigenvalue weighted by Gasteiger charge is 2.42. The molecule has 8 heteroatoms. The monoisotopic (exact) mass is 435 g/mol. The molecule has 2 aromatic rings. The van der Waals surface area contributed by atoms with Gasteiger partial charge in [-0.05, 0) is 48.4 Å². The topological polar surface area (TPSA) is 92.5 Å². The number of hydrogen-bond donors (Lipinski definition) is 2. The van der Waals surface area contributed by atoms with Crippen LogP contribution in [0.1, 0.15) is 28.8 Å². The largest absolute Gasteiger partial charge is 0.338 e. The summed E-state index contributed by atoms with van der Waals surface area (Å²) >= 11 is 0. The molecule has 1 heterocycles. The highest BCUT2D eigenvalue weighted by atomic mass is 35.5. The van der Waals surface area contributed by atoms with Gasteiger partial charge in [-0.15, -0.1) is 12.4 Å². The fraction of sp³-hybridized carbons (Fsp3) is 0.381. The van der Waals surface area contributed by atoms with E-state index in [2.05, 4.69) is 4.72 Å². The molecule has 0 bridgehead atoms. The molecule has 29 heavy (non-hydrogen) atoms. The van der Waals surface area contributed by atoms with Gasteiger partial charge in [-0.1, -0.05) is 36.4 Å². The van der Waals surface area contributed by atoms with Gasteiger partial charge >= 0.3 is 0 Å². The van der Waals surface area contributed by atoms with Gasteiger partial charge in [0.15, 0.2) is 0 Å². The summed E-state index contributed by atoms with van der Waals surface area (Å²) in [4.78, 5) is 14.8. The number of likely N-dealkylation sites (tertiary alicyclic amines) is 1. The highest BCUT2D eigenvalue weighted by Crippen LogP contribution is 2.37. The molecule has 2 fully saturated rings. The van der Waals surface area contributed by atoms with Crippen molar-refractivity contribution in [3.63, 3.8) is 0 Å². The number of rotatable bonds is 5. The third kappa shape index (κ3) is 4.64. The summed E-state index contributed by atoms with van der Waals surface area (Å²) in [6.45, 7) is 1.57.